The second kappa shape index (κ2) is 13.1. The number of carbonyl (C=O) groups excluding carboxylic acids is 1. The van der Waals surface area contributed by atoms with Gasteiger partial charge in [-0.2, -0.15) is 0 Å². The molecule has 0 bridgehead atoms. The third-order valence-corrected chi connectivity index (χ3v) is 6.64. The van der Waals surface area contributed by atoms with Gasteiger partial charge in [0.05, 0.1) is 19.3 Å². The first-order valence-electron chi connectivity index (χ1n) is 11.8. The van der Waals surface area contributed by atoms with E-state index in [0.29, 0.717) is 24.0 Å². The molecule has 192 valence electrons. The zero-order valence-electron chi connectivity index (χ0n) is 20.8. The molecular formula is C26H35Cl2N3O4. The highest BCUT2D eigenvalue weighted by atomic mass is 35.5. The number of nitrogens with one attached hydrogen (secondary N) is 1. The lowest BCUT2D eigenvalue weighted by Crippen LogP contribution is -2.57. The third kappa shape index (κ3) is 6.87. The summed E-state index contributed by atoms with van der Waals surface area (Å²) in [7, 11) is 3.72. The van der Waals surface area contributed by atoms with Crippen LogP contribution in [0.15, 0.2) is 42.5 Å². The molecule has 1 aliphatic rings. The van der Waals surface area contributed by atoms with Crippen LogP contribution >= 0.6 is 23.2 Å². The summed E-state index contributed by atoms with van der Waals surface area (Å²) in [5.41, 5.74) is 1.76. The number of methoxy groups -OCH3 is 1. The third-order valence-electron chi connectivity index (χ3n) is 6.42. The van der Waals surface area contributed by atoms with Crippen molar-refractivity contribution in [1.82, 2.24) is 15.1 Å². The lowest BCUT2D eigenvalue weighted by molar-refractivity contribution is 0.0129. The molecule has 1 fully saturated rings. The number of benzene rings is 2. The fourth-order valence-corrected chi connectivity index (χ4v) is 5.00. The lowest BCUT2D eigenvalue weighted by atomic mass is 9.95. The van der Waals surface area contributed by atoms with Crippen LogP contribution in [0.1, 0.15) is 43.9 Å². The Morgan fingerprint density at radius 3 is 2.63 bits per heavy atom. The van der Waals surface area contributed by atoms with Gasteiger partial charge in [0.1, 0.15) is 5.75 Å². The quantitative estimate of drug-likeness (QED) is 0.398. The van der Waals surface area contributed by atoms with Gasteiger partial charge in [0.15, 0.2) is 23.6 Å². The van der Waals surface area contributed by atoms with Gasteiger partial charge in [-0.3, -0.25) is 4.90 Å². The lowest BCUT2D eigenvalue weighted by Gasteiger charge is -2.44. The first-order valence-corrected chi connectivity index (χ1v) is 12.9. The van der Waals surface area contributed by atoms with Crippen molar-refractivity contribution in [3.05, 3.63) is 53.6 Å². The molecule has 1 aliphatic heterocycles. The molecule has 0 saturated carbocycles. The summed E-state index contributed by atoms with van der Waals surface area (Å²) in [6.45, 7) is 5.51. The van der Waals surface area contributed by atoms with E-state index >= 15 is 0 Å². The summed E-state index contributed by atoms with van der Waals surface area (Å²) in [5.74, 6) is 2.04. The molecule has 2 aromatic carbocycles. The molecule has 3 atom stereocenters. The largest absolute Gasteiger partial charge is 0.497 e. The van der Waals surface area contributed by atoms with E-state index in [9.17, 15) is 4.79 Å². The standard InChI is InChI=1S/C26H35Cl2N3O4/c1-18-8-7-13-30(3)25(18)31(15-20-9-5-10-21(14-20)33-4)26(32)29-19(2)22-11-6-12-23(34-16-27)24(22)35-17-28/h5-6,9-12,14,18-19,25H,7-8,13,15-17H2,1-4H3,(H,29,32). The molecule has 0 aliphatic carbocycles. The molecule has 1 saturated heterocycles. The number of rotatable bonds is 10. The van der Waals surface area contributed by atoms with Crippen molar-refractivity contribution in [3.63, 3.8) is 0 Å². The number of carbonyl (C=O) groups is 1. The Morgan fingerprint density at radius 2 is 1.94 bits per heavy atom. The van der Waals surface area contributed by atoms with Crippen molar-refractivity contribution in [3.8, 4) is 17.2 Å². The van der Waals surface area contributed by atoms with Gasteiger partial charge >= 0.3 is 6.03 Å². The van der Waals surface area contributed by atoms with Gasteiger partial charge in [0.25, 0.3) is 0 Å². The summed E-state index contributed by atoms with van der Waals surface area (Å²) < 4.78 is 16.5. The molecule has 0 aromatic heterocycles. The van der Waals surface area contributed by atoms with E-state index in [4.69, 9.17) is 37.4 Å². The van der Waals surface area contributed by atoms with Crippen LogP contribution in [0.3, 0.4) is 0 Å². The van der Waals surface area contributed by atoms with Gasteiger partial charge in [-0.25, -0.2) is 4.79 Å². The van der Waals surface area contributed by atoms with Gasteiger partial charge in [-0.05, 0) is 63.0 Å². The number of urea groups is 1. The Balaban J connectivity index is 1.89. The van der Waals surface area contributed by atoms with Crippen LogP contribution in [0.2, 0.25) is 0 Å². The number of para-hydroxylation sites is 1. The highest BCUT2D eigenvalue weighted by Gasteiger charge is 2.35. The minimum atomic E-state index is -0.364. The summed E-state index contributed by atoms with van der Waals surface area (Å²) in [6.07, 6.45) is 2.15. The maximum atomic E-state index is 13.8. The molecule has 2 aromatic rings. The van der Waals surface area contributed by atoms with Crippen molar-refractivity contribution in [1.29, 1.82) is 0 Å². The Morgan fingerprint density at radius 1 is 1.20 bits per heavy atom. The van der Waals surface area contributed by atoms with Crippen molar-refractivity contribution in [2.24, 2.45) is 5.92 Å². The highest BCUT2D eigenvalue weighted by molar-refractivity contribution is 6.17. The topological polar surface area (TPSA) is 63.3 Å². The first kappa shape index (κ1) is 27.2. The van der Waals surface area contributed by atoms with E-state index in [-0.39, 0.29) is 30.4 Å². The van der Waals surface area contributed by atoms with Crippen molar-refractivity contribution in [2.45, 2.75) is 45.4 Å². The molecule has 7 nitrogen and oxygen atoms in total. The Bertz CT molecular complexity index is 967. The molecule has 3 unspecified atom stereocenters. The monoisotopic (exact) mass is 523 g/mol. The fraction of sp³-hybridized carbons (Fsp3) is 0.500. The maximum absolute atomic E-state index is 13.8. The average molecular weight is 524 g/mol. The van der Waals surface area contributed by atoms with Crippen molar-refractivity contribution < 1.29 is 19.0 Å². The number of hydrogen-bond donors (Lipinski definition) is 1. The van der Waals surface area contributed by atoms with Crippen LogP contribution in [0, 0.1) is 5.92 Å². The normalized spacial score (nSPS) is 19.0. The first-order chi connectivity index (χ1) is 16.9. The minimum absolute atomic E-state index is 0.0247. The molecule has 1 heterocycles. The van der Waals surface area contributed by atoms with Crippen LogP contribution in [0.5, 0.6) is 17.2 Å². The molecule has 3 rings (SSSR count). The van der Waals surface area contributed by atoms with Gasteiger partial charge in [-0.1, -0.05) is 54.4 Å². The predicted octanol–water partition coefficient (Wildman–Crippen LogP) is 5.81. The Kier molecular flexibility index (Phi) is 10.2. The zero-order valence-corrected chi connectivity index (χ0v) is 22.3. The smallest absolute Gasteiger partial charge is 0.319 e. The van der Waals surface area contributed by atoms with E-state index in [0.717, 1.165) is 36.3 Å². The summed E-state index contributed by atoms with van der Waals surface area (Å²) in [5, 5.41) is 3.17. The van der Waals surface area contributed by atoms with Crippen LogP contribution in [0.4, 0.5) is 4.79 Å². The average Bonchev–Trinajstić information content (AvgIpc) is 2.84. The second-order valence-electron chi connectivity index (χ2n) is 8.85. The molecule has 1 N–H and O–H groups in total. The molecule has 35 heavy (non-hydrogen) atoms. The number of ether oxygens (including phenoxy) is 3. The van der Waals surface area contributed by atoms with E-state index in [1.165, 1.54) is 0 Å². The van der Waals surface area contributed by atoms with Crippen LogP contribution in [-0.2, 0) is 6.54 Å². The molecule has 2 amide bonds. The Hall–Kier alpha value is -2.35. The van der Waals surface area contributed by atoms with Gasteiger partial charge in [0.2, 0.25) is 0 Å². The van der Waals surface area contributed by atoms with E-state index in [2.05, 4.69) is 24.2 Å². The minimum Gasteiger partial charge on any atom is -0.497 e. The Labute approximate surface area is 218 Å². The molecular weight excluding hydrogens is 489 g/mol. The summed E-state index contributed by atoms with van der Waals surface area (Å²) >= 11 is 11.6. The predicted molar refractivity (Wildman–Crippen MR) is 139 cm³/mol. The van der Waals surface area contributed by atoms with Crippen LogP contribution in [-0.4, -0.2) is 54.8 Å². The van der Waals surface area contributed by atoms with Gasteiger partial charge in [-0.15, -0.1) is 0 Å². The number of amides is 2. The molecule has 9 heteroatoms. The van der Waals surface area contributed by atoms with Crippen LogP contribution in [0.25, 0.3) is 0 Å². The summed E-state index contributed by atoms with van der Waals surface area (Å²) in [6, 6.07) is 12.7. The number of likely N-dealkylation sites (tertiary alicyclic amines) is 1. The molecule has 0 spiro atoms. The highest BCUT2D eigenvalue weighted by Crippen LogP contribution is 2.36. The summed E-state index contributed by atoms with van der Waals surface area (Å²) in [4.78, 5) is 18.0. The van der Waals surface area contributed by atoms with E-state index in [1.807, 2.05) is 48.2 Å². The second-order valence-corrected chi connectivity index (χ2v) is 9.28. The molecule has 0 radical (unpaired) electrons. The van der Waals surface area contributed by atoms with Crippen molar-refractivity contribution in [2.75, 3.05) is 32.8 Å². The number of nitrogens with zero attached hydrogens (tertiary/aromatic N) is 2. The maximum Gasteiger partial charge on any atom is 0.319 e. The SMILES string of the molecule is COc1cccc(CN(C(=O)NC(C)c2cccc(OCCl)c2OCCl)C2C(C)CCCN2C)c1. The van der Waals surface area contributed by atoms with Gasteiger partial charge in [0, 0.05) is 12.1 Å². The zero-order chi connectivity index (χ0) is 25.4. The van der Waals surface area contributed by atoms with E-state index < -0.39 is 0 Å². The van der Waals surface area contributed by atoms with Crippen molar-refractivity contribution >= 4 is 29.2 Å². The number of piperidine rings is 1. The van der Waals surface area contributed by atoms with Crippen LogP contribution < -0.4 is 19.5 Å². The number of hydrogen-bond acceptors (Lipinski definition) is 5. The number of alkyl halides is 2. The van der Waals surface area contributed by atoms with Gasteiger partial charge < -0.3 is 24.4 Å². The number of halogens is 2. The van der Waals surface area contributed by atoms with E-state index in [1.54, 1.807) is 13.2 Å². The fourth-order valence-electron chi connectivity index (χ4n) is 4.78.